The summed E-state index contributed by atoms with van der Waals surface area (Å²) in [6, 6.07) is 14.0. The summed E-state index contributed by atoms with van der Waals surface area (Å²) in [6.45, 7) is 6.98. The van der Waals surface area contributed by atoms with E-state index >= 15 is 0 Å². The number of halogens is 3. The van der Waals surface area contributed by atoms with E-state index in [1.54, 1.807) is 16.8 Å². The number of hydrogen-bond donors (Lipinski definition) is 3. The number of aromatic nitrogens is 3. The van der Waals surface area contributed by atoms with Crippen molar-refractivity contribution in [3.05, 3.63) is 88.6 Å². The van der Waals surface area contributed by atoms with Gasteiger partial charge in [0, 0.05) is 29.6 Å². The van der Waals surface area contributed by atoms with Crippen molar-refractivity contribution in [2.75, 3.05) is 10.6 Å². The molecule has 0 spiro atoms. The number of nitrogens with two attached hydrogens (primary N) is 1. The first kappa shape index (κ1) is 26.9. The Morgan fingerprint density at radius 2 is 1.73 bits per heavy atom. The van der Waals surface area contributed by atoms with Gasteiger partial charge in [0.1, 0.15) is 22.9 Å². The third kappa shape index (κ3) is 5.27. The van der Waals surface area contributed by atoms with Gasteiger partial charge in [-0.05, 0) is 53.3 Å². The molecule has 1 aliphatic rings. The van der Waals surface area contributed by atoms with Crippen molar-refractivity contribution in [1.82, 2.24) is 14.8 Å². The van der Waals surface area contributed by atoms with Crippen LogP contribution in [0.1, 0.15) is 58.2 Å². The van der Waals surface area contributed by atoms with E-state index < -0.39 is 23.6 Å². The van der Waals surface area contributed by atoms with Crippen LogP contribution in [0.4, 0.5) is 30.5 Å². The maximum Gasteiger partial charge on any atom is 0.416 e. The number of anilines is 3. The number of amides is 2. The van der Waals surface area contributed by atoms with Crippen LogP contribution >= 0.6 is 0 Å². The molecule has 5 rings (SSSR count). The monoisotopic (exact) mass is 548 g/mol. The van der Waals surface area contributed by atoms with Crippen molar-refractivity contribution in [2.24, 2.45) is 5.73 Å². The molecule has 0 fully saturated rings. The fraction of sp³-hybridized carbons (Fsp3) is 0.241. The smallest absolute Gasteiger partial charge is 0.365 e. The van der Waals surface area contributed by atoms with E-state index in [9.17, 15) is 22.8 Å². The molecule has 2 aromatic carbocycles. The molecule has 0 atom stereocenters. The lowest BCUT2D eigenvalue weighted by molar-refractivity contribution is -0.137. The van der Waals surface area contributed by atoms with E-state index in [0.717, 1.165) is 29.6 Å². The number of hydrogen-bond acceptors (Lipinski definition) is 5. The number of fused-ring (bicyclic) bond motifs is 2. The molecule has 40 heavy (non-hydrogen) atoms. The van der Waals surface area contributed by atoms with Gasteiger partial charge in [-0.1, -0.05) is 45.0 Å². The van der Waals surface area contributed by atoms with Crippen molar-refractivity contribution >= 4 is 29.1 Å². The molecule has 4 N–H and O–H groups in total. The fourth-order valence-electron chi connectivity index (χ4n) is 4.57. The van der Waals surface area contributed by atoms with E-state index in [1.807, 2.05) is 6.07 Å². The van der Waals surface area contributed by atoms with Crippen LogP contribution in [-0.4, -0.2) is 26.6 Å². The van der Waals surface area contributed by atoms with Crippen molar-refractivity contribution < 1.29 is 22.8 Å². The van der Waals surface area contributed by atoms with Crippen molar-refractivity contribution in [3.63, 3.8) is 0 Å². The summed E-state index contributed by atoms with van der Waals surface area (Å²) in [5.74, 6) is -1.03. The van der Waals surface area contributed by atoms with E-state index in [-0.39, 0.29) is 22.4 Å². The lowest BCUT2D eigenvalue weighted by Crippen LogP contribution is -2.15. The zero-order chi connectivity index (χ0) is 28.8. The number of carbonyl (C=O) groups is 2. The van der Waals surface area contributed by atoms with Crippen LogP contribution in [0.25, 0.3) is 11.3 Å². The van der Waals surface area contributed by atoms with E-state index in [1.165, 1.54) is 17.7 Å². The lowest BCUT2D eigenvalue weighted by Gasteiger charge is -2.21. The highest BCUT2D eigenvalue weighted by Gasteiger charge is 2.31. The van der Waals surface area contributed by atoms with E-state index in [4.69, 9.17) is 5.73 Å². The summed E-state index contributed by atoms with van der Waals surface area (Å²) < 4.78 is 40.6. The molecule has 0 bridgehead atoms. The average molecular weight is 549 g/mol. The Morgan fingerprint density at radius 3 is 2.38 bits per heavy atom. The summed E-state index contributed by atoms with van der Waals surface area (Å²) in [6.07, 6.45) is -2.88. The number of primary amides is 1. The Bertz CT molecular complexity index is 1620. The summed E-state index contributed by atoms with van der Waals surface area (Å²) in [5.41, 5.74) is 9.37. The number of nitrogens with one attached hydrogen (secondary N) is 2. The van der Waals surface area contributed by atoms with Gasteiger partial charge in [0.2, 0.25) is 0 Å². The number of aryl methyl sites for hydroxylation is 2. The van der Waals surface area contributed by atoms with Gasteiger partial charge in [-0.25, -0.2) is 9.67 Å². The third-order valence-electron chi connectivity index (χ3n) is 6.77. The quantitative estimate of drug-likeness (QED) is 0.293. The van der Waals surface area contributed by atoms with Crippen LogP contribution in [0.2, 0.25) is 0 Å². The van der Waals surface area contributed by atoms with Crippen LogP contribution < -0.4 is 16.4 Å². The highest BCUT2D eigenvalue weighted by molar-refractivity contribution is 6.06. The first-order chi connectivity index (χ1) is 18.8. The minimum atomic E-state index is -4.56. The van der Waals surface area contributed by atoms with Crippen molar-refractivity contribution in [2.45, 2.75) is 45.3 Å². The molecular formula is C29H27F3N6O2. The number of nitrogens with zero attached hydrogens (tertiary/aromatic N) is 3. The van der Waals surface area contributed by atoms with Crippen LogP contribution in [-0.2, 0) is 24.6 Å². The van der Waals surface area contributed by atoms with Gasteiger partial charge in [-0.2, -0.15) is 18.3 Å². The van der Waals surface area contributed by atoms with Gasteiger partial charge in [0.15, 0.2) is 0 Å². The summed E-state index contributed by atoms with van der Waals surface area (Å²) >= 11 is 0. The molecule has 1 aliphatic heterocycles. The molecule has 0 aliphatic carbocycles. The molecule has 0 saturated carbocycles. The van der Waals surface area contributed by atoms with E-state index in [0.29, 0.717) is 30.0 Å². The van der Waals surface area contributed by atoms with Gasteiger partial charge >= 0.3 is 6.18 Å². The lowest BCUT2D eigenvalue weighted by atomic mass is 9.85. The normalized spacial score (nSPS) is 13.1. The molecule has 11 heteroatoms. The molecule has 0 radical (unpaired) electrons. The number of benzene rings is 2. The second kappa shape index (κ2) is 9.82. The summed E-state index contributed by atoms with van der Waals surface area (Å²) in [7, 11) is 0. The van der Waals surface area contributed by atoms with Crippen LogP contribution in [0.15, 0.2) is 60.8 Å². The molecule has 4 aromatic rings. The molecule has 2 amide bonds. The zero-order valence-corrected chi connectivity index (χ0v) is 22.1. The van der Waals surface area contributed by atoms with Gasteiger partial charge in [0.25, 0.3) is 11.8 Å². The Hall–Kier alpha value is -4.67. The first-order valence-electron chi connectivity index (χ1n) is 12.6. The Morgan fingerprint density at radius 1 is 1.00 bits per heavy atom. The van der Waals surface area contributed by atoms with Crippen molar-refractivity contribution in [3.8, 4) is 11.3 Å². The Balaban J connectivity index is 1.41. The SMILES string of the molecule is CC(C)(C)c1ccc2c(c1)CCn1nc(-c3ccc(C(=O)Nc4cc(C(F)(F)F)ccn4)cc3)c(C(N)=O)c1N2. The Labute approximate surface area is 228 Å². The highest BCUT2D eigenvalue weighted by atomic mass is 19.4. The maximum atomic E-state index is 13.0. The van der Waals surface area contributed by atoms with Gasteiger partial charge in [-0.3, -0.25) is 9.59 Å². The molecule has 2 aromatic heterocycles. The number of carbonyl (C=O) groups excluding carboxylic acids is 2. The Kier molecular flexibility index (Phi) is 6.61. The second-order valence-corrected chi connectivity index (χ2v) is 10.6. The number of alkyl halides is 3. The summed E-state index contributed by atoms with van der Waals surface area (Å²) in [4.78, 5) is 29.0. The molecular weight excluding hydrogens is 521 g/mol. The first-order valence-corrected chi connectivity index (χ1v) is 12.6. The molecule has 0 unspecified atom stereocenters. The average Bonchev–Trinajstić information content (AvgIpc) is 3.15. The van der Waals surface area contributed by atoms with Gasteiger partial charge in [0.05, 0.1) is 5.56 Å². The second-order valence-electron chi connectivity index (χ2n) is 10.6. The highest BCUT2D eigenvalue weighted by Crippen LogP contribution is 2.36. The minimum Gasteiger partial charge on any atom is -0.365 e. The van der Waals surface area contributed by atoms with Gasteiger partial charge in [-0.15, -0.1) is 0 Å². The minimum absolute atomic E-state index is 0.00680. The molecule has 0 saturated heterocycles. The maximum absolute atomic E-state index is 13.0. The largest absolute Gasteiger partial charge is 0.416 e. The van der Waals surface area contributed by atoms with Crippen molar-refractivity contribution in [1.29, 1.82) is 0 Å². The standard InChI is InChI=1S/C29H27F3N6O2/c1-28(2,3)19-8-9-21-18(14-19)11-13-38-26(35-21)23(25(33)39)24(37-38)16-4-6-17(7-5-16)27(40)36-22-15-20(10-12-34-22)29(30,31)32/h4-10,12,14-15,35H,11,13H2,1-3H3,(H2,33,39)(H,34,36,40). The third-order valence-corrected chi connectivity index (χ3v) is 6.77. The molecule has 206 valence electrons. The van der Waals surface area contributed by atoms with Crippen LogP contribution in [0.5, 0.6) is 0 Å². The predicted molar refractivity (Wildman–Crippen MR) is 146 cm³/mol. The van der Waals surface area contributed by atoms with Gasteiger partial charge < -0.3 is 16.4 Å². The van der Waals surface area contributed by atoms with Crippen LogP contribution in [0.3, 0.4) is 0 Å². The zero-order valence-electron chi connectivity index (χ0n) is 22.1. The fourth-order valence-corrected chi connectivity index (χ4v) is 4.57. The number of rotatable bonds is 4. The van der Waals surface area contributed by atoms with Crippen LogP contribution in [0, 0.1) is 0 Å². The predicted octanol–water partition coefficient (Wildman–Crippen LogP) is 5.91. The van der Waals surface area contributed by atoms with E-state index in [2.05, 4.69) is 53.6 Å². The number of pyridine rings is 1. The molecule has 8 nitrogen and oxygen atoms in total. The summed E-state index contributed by atoms with van der Waals surface area (Å²) in [5, 5.41) is 10.4. The molecule has 3 heterocycles. The topological polar surface area (TPSA) is 115 Å².